The van der Waals surface area contributed by atoms with Crippen LogP contribution in [-0.4, -0.2) is 23.9 Å². The third-order valence-corrected chi connectivity index (χ3v) is 4.32. The summed E-state index contributed by atoms with van der Waals surface area (Å²) < 4.78 is 0. The van der Waals surface area contributed by atoms with E-state index in [1.54, 1.807) is 11.0 Å². The Morgan fingerprint density at radius 3 is 2.87 bits per heavy atom. The summed E-state index contributed by atoms with van der Waals surface area (Å²) >= 11 is 0. The average Bonchev–Trinajstić information content (AvgIpc) is 2.59. The van der Waals surface area contributed by atoms with Crippen LogP contribution in [0.5, 0.6) is 0 Å². The molecule has 0 radical (unpaired) electrons. The van der Waals surface area contributed by atoms with Gasteiger partial charge in [-0.25, -0.2) is 0 Å². The summed E-state index contributed by atoms with van der Waals surface area (Å²) in [5, 5.41) is 2.89. The Balaban J connectivity index is 2.28. The van der Waals surface area contributed by atoms with Gasteiger partial charge in [0.1, 0.15) is 0 Å². The lowest BCUT2D eigenvalue weighted by Crippen LogP contribution is -2.44. The second-order valence-electron chi connectivity index (χ2n) is 5.93. The molecule has 1 unspecified atom stereocenters. The van der Waals surface area contributed by atoms with Gasteiger partial charge in [0.25, 0.3) is 5.91 Å². The van der Waals surface area contributed by atoms with Crippen molar-refractivity contribution in [1.29, 1.82) is 0 Å². The maximum Gasteiger partial charge on any atom is 0.252 e. The number of amides is 2. The van der Waals surface area contributed by atoms with Crippen molar-refractivity contribution in [2.75, 3.05) is 11.4 Å². The van der Waals surface area contributed by atoms with Crippen molar-refractivity contribution >= 4 is 17.5 Å². The molecule has 1 aliphatic rings. The number of aryl methyl sites for hydroxylation is 1. The average molecular weight is 310 g/mol. The number of terminal acetylenes is 1. The number of rotatable bonds is 4. The predicted molar refractivity (Wildman–Crippen MR) is 92.3 cm³/mol. The summed E-state index contributed by atoms with van der Waals surface area (Å²) in [5.41, 5.74) is 1.76. The SMILES string of the molecule is C#CC(C)(CC)NC(=O)c1ccc2c(c1)CCCN2C(=O)C=C. The van der Waals surface area contributed by atoms with E-state index in [1.165, 1.54) is 6.08 Å². The molecular weight excluding hydrogens is 288 g/mol. The Hall–Kier alpha value is -2.54. The van der Waals surface area contributed by atoms with Crippen molar-refractivity contribution in [1.82, 2.24) is 5.32 Å². The molecule has 1 aromatic rings. The predicted octanol–water partition coefficient (Wildman–Crippen LogP) is 2.68. The molecule has 1 heterocycles. The molecule has 0 bridgehead atoms. The summed E-state index contributed by atoms with van der Waals surface area (Å²) in [6.45, 7) is 7.98. The summed E-state index contributed by atoms with van der Waals surface area (Å²) in [5.74, 6) is 2.32. The highest BCUT2D eigenvalue weighted by Crippen LogP contribution is 2.28. The Labute approximate surface area is 137 Å². The molecule has 0 aliphatic carbocycles. The van der Waals surface area contributed by atoms with Gasteiger partial charge >= 0.3 is 0 Å². The van der Waals surface area contributed by atoms with Crippen LogP contribution < -0.4 is 10.2 Å². The molecule has 1 aliphatic heterocycles. The highest BCUT2D eigenvalue weighted by atomic mass is 16.2. The molecule has 2 amide bonds. The maximum absolute atomic E-state index is 12.4. The second kappa shape index (κ2) is 6.70. The van der Waals surface area contributed by atoms with Crippen molar-refractivity contribution in [3.05, 3.63) is 42.0 Å². The first-order valence-electron chi connectivity index (χ1n) is 7.81. The molecule has 0 saturated heterocycles. The molecule has 0 spiro atoms. The summed E-state index contributed by atoms with van der Waals surface area (Å²) in [6.07, 6.45) is 9.19. The van der Waals surface area contributed by atoms with Crippen molar-refractivity contribution < 1.29 is 9.59 Å². The minimum atomic E-state index is -0.655. The van der Waals surface area contributed by atoms with E-state index >= 15 is 0 Å². The van der Waals surface area contributed by atoms with E-state index < -0.39 is 5.54 Å². The molecule has 1 aromatic carbocycles. The number of carbonyl (C=O) groups excluding carboxylic acids is 2. The van der Waals surface area contributed by atoms with Crippen LogP contribution in [0.15, 0.2) is 30.9 Å². The fourth-order valence-corrected chi connectivity index (χ4v) is 2.63. The van der Waals surface area contributed by atoms with E-state index in [9.17, 15) is 9.59 Å². The topological polar surface area (TPSA) is 49.4 Å². The lowest BCUT2D eigenvalue weighted by molar-refractivity contribution is -0.114. The Morgan fingerprint density at radius 1 is 1.52 bits per heavy atom. The van der Waals surface area contributed by atoms with Crippen molar-refractivity contribution in [2.45, 2.75) is 38.6 Å². The first-order chi connectivity index (χ1) is 10.9. The number of fused-ring (bicyclic) bond motifs is 1. The molecule has 0 saturated carbocycles. The van der Waals surface area contributed by atoms with Crippen LogP contribution in [0.3, 0.4) is 0 Å². The van der Waals surface area contributed by atoms with E-state index in [-0.39, 0.29) is 11.8 Å². The highest BCUT2D eigenvalue weighted by Gasteiger charge is 2.25. The summed E-state index contributed by atoms with van der Waals surface area (Å²) in [4.78, 5) is 26.1. The lowest BCUT2D eigenvalue weighted by Gasteiger charge is -2.29. The van der Waals surface area contributed by atoms with E-state index in [0.29, 0.717) is 18.5 Å². The van der Waals surface area contributed by atoms with Crippen LogP contribution in [0.25, 0.3) is 0 Å². The molecule has 1 N–H and O–H groups in total. The van der Waals surface area contributed by atoms with Crippen molar-refractivity contribution in [2.24, 2.45) is 0 Å². The zero-order chi connectivity index (χ0) is 17.0. The lowest BCUT2D eigenvalue weighted by atomic mass is 9.97. The third-order valence-electron chi connectivity index (χ3n) is 4.32. The summed E-state index contributed by atoms with van der Waals surface area (Å²) in [7, 11) is 0. The van der Waals surface area contributed by atoms with Gasteiger partial charge in [0.05, 0.1) is 5.54 Å². The van der Waals surface area contributed by atoms with Gasteiger partial charge in [-0.15, -0.1) is 6.42 Å². The van der Waals surface area contributed by atoms with Gasteiger partial charge in [-0.3, -0.25) is 9.59 Å². The number of nitrogens with zero attached hydrogens (tertiary/aromatic N) is 1. The molecule has 23 heavy (non-hydrogen) atoms. The number of hydrogen-bond acceptors (Lipinski definition) is 2. The molecule has 4 heteroatoms. The number of carbonyl (C=O) groups is 2. The zero-order valence-corrected chi connectivity index (χ0v) is 13.7. The molecule has 120 valence electrons. The van der Waals surface area contributed by atoms with Gasteiger partial charge in [0, 0.05) is 17.8 Å². The van der Waals surface area contributed by atoms with Crippen LogP contribution in [-0.2, 0) is 11.2 Å². The Morgan fingerprint density at radius 2 is 2.26 bits per heavy atom. The van der Waals surface area contributed by atoms with Crippen molar-refractivity contribution in [3.8, 4) is 12.3 Å². The second-order valence-corrected chi connectivity index (χ2v) is 5.93. The first-order valence-corrected chi connectivity index (χ1v) is 7.81. The Bertz CT molecular complexity index is 687. The maximum atomic E-state index is 12.4. The van der Waals surface area contributed by atoms with Gasteiger partial charge in [-0.05, 0) is 56.0 Å². The fourth-order valence-electron chi connectivity index (χ4n) is 2.63. The largest absolute Gasteiger partial charge is 0.336 e. The minimum Gasteiger partial charge on any atom is -0.336 e. The highest BCUT2D eigenvalue weighted by molar-refractivity contribution is 6.02. The van der Waals surface area contributed by atoms with Gasteiger partial charge in [0.15, 0.2) is 0 Å². The molecule has 1 atom stereocenters. The van der Waals surface area contributed by atoms with Gasteiger partial charge in [0.2, 0.25) is 5.91 Å². The quantitative estimate of drug-likeness (QED) is 0.686. The number of anilines is 1. The smallest absolute Gasteiger partial charge is 0.252 e. The molecule has 0 aromatic heterocycles. The molecule has 0 fully saturated rings. The molecule has 4 nitrogen and oxygen atoms in total. The number of nitrogens with one attached hydrogen (secondary N) is 1. The third kappa shape index (κ3) is 3.45. The van der Waals surface area contributed by atoms with E-state index in [0.717, 1.165) is 24.1 Å². The van der Waals surface area contributed by atoms with Crippen LogP contribution in [0.2, 0.25) is 0 Å². The minimum absolute atomic E-state index is 0.117. The summed E-state index contributed by atoms with van der Waals surface area (Å²) in [6, 6.07) is 5.40. The fraction of sp³-hybridized carbons (Fsp3) is 0.368. The number of benzene rings is 1. The van der Waals surface area contributed by atoms with Crippen molar-refractivity contribution in [3.63, 3.8) is 0 Å². The van der Waals surface area contributed by atoms with Gasteiger partial charge in [-0.2, -0.15) is 0 Å². The van der Waals surface area contributed by atoms with E-state index in [4.69, 9.17) is 6.42 Å². The first kappa shape index (κ1) is 16.8. The zero-order valence-electron chi connectivity index (χ0n) is 13.7. The van der Waals surface area contributed by atoms with E-state index in [2.05, 4.69) is 17.8 Å². The standard InChI is InChI=1S/C19H22N2O2/c1-5-17(22)21-12-8-9-14-13-15(10-11-16(14)21)18(23)20-19(4,6-2)7-3/h2,5,10-11,13H,1,7-9,12H2,3-4H3,(H,20,23). The van der Waals surface area contributed by atoms with Gasteiger partial charge in [-0.1, -0.05) is 19.4 Å². The number of hydrogen-bond donors (Lipinski definition) is 1. The van der Waals surface area contributed by atoms with Crippen LogP contribution >= 0.6 is 0 Å². The normalized spacial score (nSPS) is 15.8. The molecular formula is C19H22N2O2. The molecule has 2 rings (SSSR count). The van der Waals surface area contributed by atoms with Crippen LogP contribution in [0.4, 0.5) is 5.69 Å². The van der Waals surface area contributed by atoms with E-state index in [1.807, 2.05) is 26.0 Å². The van der Waals surface area contributed by atoms with Gasteiger partial charge < -0.3 is 10.2 Å². The monoisotopic (exact) mass is 310 g/mol. The Kier molecular flexibility index (Phi) is 4.90. The van der Waals surface area contributed by atoms with Crippen LogP contribution in [0, 0.1) is 12.3 Å². The van der Waals surface area contributed by atoms with Crippen LogP contribution in [0.1, 0.15) is 42.6 Å².